The van der Waals surface area contributed by atoms with Crippen LogP contribution in [-0.2, 0) is 31.7 Å². The van der Waals surface area contributed by atoms with Gasteiger partial charge in [-0.1, -0.05) is 24.3 Å². The Morgan fingerprint density at radius 2 is 1.05 bits per heavy atom. The summed E-state index contributed by atoms with van der Waals surface area (Å²) in [5, 5.41) is 14.3. The van der Waals surface area contributed by atoms with Crippen molar-refractivity contribution < 1.29 is 19.0 Å². The van der Waals surface area contributed by atoms with Gasteiger partial charge < -0.3 is 10.6 Å². The minimum Gasteiger partial charge on any atom is -0.308 e. The van der Waals surface area contributed by atoms with Crippen LogP contribution in [0.1, 0.15) is 11.1 Å². The molecule has 38 heavy (non-hydrogen) atoms. The lowest BCUT2D eigenvalue weighted by atomic mass is 10.0. The predicted octanol–water partition coefficient (Wildman–Crippen LogP) is 2.71. The number of hydrogen-bond acceptors (Lipinski definition) is 4. The molecule has 0 saturated carbocycles. The van der Waals surface area contributed by atoms with Crippen molar-refractivity contribution in [3.8, 4) is 11.4 Å². The second kappa shape index (κ2) is 10.9. The Labute approximate surface area is 219 Å². The molecular formula is C28H28N8O2+2. The number of Topliss-reactive ketones (excluding diaryl/α,β-unsaturated/α-hetero) is 1. The highest BCUT2D eigenvalue weighted by atomic mass is 16.2. The van der Waals surface area contributed by atoms with Gasteiger partial charge in [0, 0.05) is 24.2 Å². The van der Waals surface area contributed by atoms with Crippen molar-refractivity contribution in [1.29, 1.82) is 0 Å². The van der Waals surface area contributed by atoms with Gasteiger partial charge in [-0.3, -0.25) is 4.79 Å². The average Bonchev–Trinajstić information content (AvgIpc) is 3.54. The number of nitrogens with zero attached hydrogens (tertiary/aromatic N) is 6. The van der Waals surface area contributed by atoms with Crippen LogP contribution in [0.3, 0.4) is 0 Å². The number of anilines is 2. The molecule has 190 valence electrons. The molecule has 0 bridgehead atoms. The van der Waals surface area contributed by atoms with E-state index in [9.17, 15) is 9.59 Å². The number of hydrogen-bond donors (Lipinski definition) is 2. The molecule has 0 aliphatic carbocycles. The Kier molecular flexibility index (Phi) is 7.03. The van der Waals surface area contributed by atoms with Crippen LogP contribution in [0.4, 0.5) is 16.2 Å². The molecule has 0 saturated heterocycles. The van der Waals surface area contributed by atoms with E-state index < -0.39 is 0 Å². The van der Waals surface area contributed by atoms with Gasteiger partial charge in [0.15, 0.2) is 36.2 Å². The Morgan fingerprint density at radius 1 is 0.658 bits per heavy atom. The van der Waals surface area contributed by atoms with Gasteiger partial charge in [-0.2, -0.15) is 0 Å². The molecule has 0 fully saturated rings. The Balaban J connectivity index is 1.10. The highest BCUT2D eigenvalue weighted by molar-refractivity contribution is 5.99. The molecule has 2 amide bonds. The Hall–Kier alpha value is -5.12. The summed E-state index contributed by atoms with van der Waals surface area (Å²) in [6, 6.07) is 22.1. The monoisotopic (exact) mass is 508 g/mol. The fourth-order valence-corrected chi connectivity index (χ4v) is 4.00. The maximum absolute atomic E-state index is 12.6. The second-order valence-electron chi connectivity index (χ2n) is 8.99. The summed E-state index contributed by atoms with van der Waals surface area (Å²) in [4.78, 5) is 25.0. The number of nitrogens with one attached hydrogen (secondary N) is 2. The van der Waals surface area contributed by atoms with Crippen molar-refractivity contribution in [2.24, 2.45) is 14.1 Å². The van der Waals surface area contributed by atoms with Crippen LogP contribution in [0.25, 0.3) is 11.4 Å². The van der Waals surface area contributed by atoms with Gasteiger partial charge >= 0.3 is 6.03 Å². The first-order valence-electron chi connectivity index (χ1n) is 12.1. The van der Waals surface area contributed by atoms with Gasteiger partial charge in [-0.15, -0.1) is 18.7 Å². The van der Waals surface area contributed by atoms with Crippen LogP contribution in [0.15, 0.2) is 97.6 Å². The Morgan fingerprint density at radius 3 is 1.47 bits per heavy atom. The van der Waals surface area contributed by atoms with Crippen molar-refractivity contribution in [3.05, 3.63) is 109 Å². The van der Waals surface area contributed by atoms with E-state index in [-0.39, 0.29) is 11.8 Å². The molecule has 0 aliphatic rings. The van der Waals surface area contributed by atoms with Gasteiger partial charge in [0.1, 0.15) is 19.9 Å². The van der Waals surface area contributed by atoms with Gasteiger partial charge in [0.05, 0.1) is 10.4 Å². The van der Waals surface area contributed by atoms with Gasteiger partial charge in [0.25, 0.3) is 0 Å². The molecular weight excluding hydrogens is 480 g/mol. The second-order valence-corrected chi connectivity index (χ2v) is 8.99. The predicted molar refractivity (Wildman–Crippen MR) is 141 cm³/mol. The summed E-state index contributed by atoms with van der Waals surface area (Å²) in [5.74, 6) is 0.119. The summed E-state index contributed by atoms with van der Waals surface area (Å²) in [5.41, 5.74) is 4.98. The number of aromatic nitrogens is 6. The summed E-state index contributed by atoms with van der Waals surface area (Å²) < 4.78 is 6.96. The zero-order valence-corrected chi connectivity index (χ0v) is 21.2. The van der Waals surface area contributed by atoms with Crippen LogP contribution in [0.2, 0.25) is 0 Å². The van der Waals surface area contributed by atoms with Crippen molar-refractivity contribution in [2.75, 3.05) is 10.6 Å². The normalized spacial score (nSPS) is 10.8. The molecule has 0 spiro atoms. The highest BCUT2D eigenvalue weighted by Crippen LogP contribution is 2.15. The van der Waals surface area contributed by atoms with E-state index in [2.05, 4.69) is 21.1 Å². The number of ketones is 1. The third-order valence-electron chi connectivity index (χ3n) is 5.93. The van der Waals surface area contributed by atoms with Crippen molar-refractivity contribution >= 4 is 23.2 Å². The molecule has 0 unspecified atom stereocenters. The molecule has 5 rings (SSSR count). The van der Waals surface area contributed by atoms with Crippen LogP contribution in [-0.4, -0.2) is 31.6 Å². The molecule has 0 atom stereocenters. The number of urea groups is 1. The average molecular weight is 509 g/mol. The number of benzene rings is 3. The summed E-state index contributed by atoms with van der Waals surface area (Å²) in [6.07, 6.45) is 8.13. The van der Waals surface area contributed by atoms with E-state index in [0.29, 0.717) is 24.2 Å². The topological polar surface area (TPSA) is 102 Å². The number of aryl methyl sites for hydroxylation is 2. The van der Waals surface area contributed by atoms with Gasteiger partial charge in [0.2, 0.25) is 0 Å². The van der Waals surface area contributed by atoms with Crippen molar-refractivity contribution in [3.63, 3.8) is 0 Å². The summed E-state index contributed by atoms with van der Waals surface area (Å²) in [6.45, 7) is 0. The molecule has 10 heteroatoms. The quantitative estimate of drug-likeness (QED) is 0.315. The molecule has 2 N–H and O–H groups in total. The van der Waals surface area contributed by atoms with Crippen LogP contribution in [0.5, 0.6) is 0 Å². The molecule has 2 aromatic heterocycles. The lowest BCUT2D eigenvalue weighted by Crippen LogP contribution is -2.30. The van der Waals surface area contributed by atoms with Gasteiger partial charge in [-0.05, 0) is 59.7 Å². The minimum atomic E-state index is -0.348. The molecule has 10 nitrogen and oxygen atoms in total. The van der Waals surface area contributed by atoms with Crippen LogP contribution >= 0.6 is 0 Å². The van der Waals surface area contributed by atoms with Crippen molar-refractivity contribution in [1.82, 2.24) is 19.8 Å². The number of carbonyl (C=O) groups excluding carboxylic acids is 2. The van der Waals surface area contributed by atoms with Crippen molar-refractivity contribution in [2.45, 2.75) is 12.8 Å². The standard InChI is InChI=1S/C28H27N8O2/c1-33-15-17-35(31-33)25-11-5-22(6-12-25)20-27(37)19-21-3-7-23(8-4-21)29-28(38)30-24-9-13-26(14-10-24)36-18-16-34(2)32-36/h3-18H,19-20H2,1-2H3,(H-,29,30,32,38)/q+1/p+1. The number of amides is 2. The first-order chi connectivity index (χ1) is 18.4. The largest absolute Gasteiger partial charge is 0.323 e. The van der Waals surface area contributed by atoms with E-state index in [4.69, 9.17) is 0 Å². The molecule has 0 radical (unpaired) electrons. The first-order valence-corrected chi connectivity index (χ1v) is 12.1. The minimum absolute atomic E-state index is 0.119. The zero-order valence-electron chi connectivity index (χ0n) is 21.2. The third kappa shape index (κ3) is 6.16. The van der Waals surface area contributed by atoms with Crippen LogP contribution < -0.4 is 20.0 Å². The summed E-state index contributed by atoms with van der Waals surface area (Å²) >= 11 is 0. The smallest absolute Gasteiger partial charge is 0.308 e. The SMILES string of the molecule is C[n+]1ccn(-c2ccc(CC(=O)Cc3ccc(NC(=O)Nc4ccc(-n5cc[n+](C)n5)cc4)cc3)cc2)n1. The molecule has 0 aliphatic heterocycles. The molecule has 2 heterocycles. The Bertz CT molecular complexity index is 1430. The fraction of sp³-hybridized carbons (Fsp3) is 0.143. The maximum Gasteiger partial charge on any atom is 0.323 e. The van der Waals surface area contributed by atoms with E-state index in [1.54, 1.807) is 30.9 Å². The molecule has 5 aromatic rings. The third-order valence-corrected chi connectivity index (χ3v) is 5.93. The highest BCUT2D eigenvalue weighted by Gasteiger charge is 2.10. The van der Waals surface area contributed by atoms with E-state index in [1.807, 2.05) is 99.5 Å². The number of rotatable bonds is 8. The summed E-state index contributed by atoms with van der Waals surface area (Å²) in [7, 11) is 3.72. The lowest BCUT2D eigenvalue weighted by molar-refractivity contribution is -0.731. The fourth-order valence-electron chi connectivity index (χ4n) is 4.00. The maximum atomic E-state index is 12.6. The van der Waals surface area contributed by atoms with E-state index in [0.717, 1.165) is 22.5 Å². The first kappa shape index (κ1) is 24.6. The number of carbonyl (C=O) groups is 2. The van der Waals surface area contributed by atoms with Gasteiger partial charge in [-0.25, -0.2) is 4.79 Å². The lowest BCUT2D eigenvalue weighted by Gasteiger charge is -2.09. The van der Waals surface area contributed by atoms with E-state index in [1.165, 1.54) is 0 Å². The molecule has 3 aromatic carbocycles. The van der Waals surface area contributed by atoms with Crippen LogP contribution in [0, 0.1) is 0 Å². The van der Waals surface area contributed by atoms with E-state index >= 15 is 0 Å². The zero-order chi connectivity index (χ0) is 26.5.